The number of sulfone groups is 1. The fourth-order valence-corrected chi connectivity index (χ4v) is 3.31. The van der Waals surface area contributed by atoms with Gasteiger partial charge in [-0.15, -0.1) is 0 Å². The number of phenolic OH excluding ortho intramolecular Hbond substituents is 1. The highest BCUT2D eigenvalue weighted by Crippen LogP contribution is 2.28. The first-order valence-electron chi connectivity index (χ1n) is 7.46. The average Bonchev–Trinajstić information content (AvgIpc) is 3.02. The minimum atomic E-state index is -3.48. The van der Waals surface area contributed by atoms with E-state index >= 15 is 0 Å². The van der Waals surface area contributed by atoms with Crippen LogP contribution in [0.1, 0.15) is 17.4 Å². The third-order valence-corrected chi connectivity index (χ3v) is 5.54. The maximum atomic E-state index is 13.7. The Kier molecular flexibility index (Phi) is 4.22. The second-order valence-electron chi connectivity index (χ2n) is 5.42. The highest BCUT2D eigenvalue weighted by Gasteiger charge is 2.17. The predicted molar refractivity (Wildman–Crippen MR) is 92.0 cm³/mol. The number of aromatic hydroxyl groups is 1. The smallest absolute Gasteiger partial charge is 0.272 e. The van der Waals surface area contributed by atoms with Crippen molar-refractivity contribution in [2.75, 3.05) is 11.1 Å². The topological polar surface area (TPSA) is 99.3 Å². The van der Waals surface area contributed by atoms with Crippen LogP contribution >= 0.6 is 0 Å². The summed E-state index contributed by atoms with van der Waals surface area (Å²) in [5.74, 6) is -1.47. The second-order valence-corrected chi connectivity index (χ2v) is 7.70. The molecule has 0 fully saturated rings. The van der Waals surface area contributed by atoms with E-state index in [1.54, 1.807) is 6.07 Å². The Morgan fingerprint density at radius 1 is 1.24 bits per heavy atom. The number of halogens is 1. The van der Waals surface area contributed by atoms with E-state index in [0.717, 1.165) is 0 Å². The Bertz CT molecular complexity index is 1070. The average molecular weight is 362 g/mol. The Balaban J connectivity index is 1.94. The van der Waals surface area contributed by atoms with Crippen LogP contribution in [-0.2, 0) is 9.84 Å². The van der Waals surface area contributed by atoms with Gasteiger partial charge in [0.2, 0.25) is 0 Å². The second kappa shape index (κ2) is 6.21. The van der Waals surface area contributed by atoms with Gasteiger partial charge in [-0.1, -0.05) is 13.0 Å². The number of aromatic nitrogens is 1. The first-order valence-corrected chi connectivity index (χ1v) is 9.11. The molecule has 0 saturated carbocycles. The number of anilines is 1. The monoisotopic (exact) mass is 362 g/mol. The van der Waals surface area contributed by atoms with E-state index < -0.39 is 21.6 Å². The van der Waals surface area contributed by atoms with Gasteiger partial charge in [-0.3, -0.25) is 4.79 Å². The van der Waals surface area contributed by atoms with Crippen molar-refractivity contribution in [2.45, 2.75) is 11.8 Å². The lowest BCUT2D eigenvalue weighted by molar-refractivity contribution is 0.102. The largest absolute Gasteiger partial charge is 0.506 e. The predicted octanol–water partition coefficient (Wildman–Crippen LogP) is 3.06. The van der Waals surface area contributed by atoms with E-state index in [-0.39, 0.29) is 33.2 Å². The summed E-state index contributed by atoms with van der Waals surface area (Å²) in [6.45, 7) is 1.50. The van der Waals surface area contributed by atoms with Crippen molar-refractivity contribution >= 4 is 32.3 Å². The molecule has 0 radical (unpaired) electrons. The van der Waals surface area contributed by atoms with E-state index in [4.69, 9.17) is 0 Å². The summed E-state index contributed by atoms with van der Waals surface area (Å²) in [5.41, 5.74) is 0.499. The molecule has 130 valence electrons. The summed E-state index contributed by atoms with van der Waals surface area (Å²) in [6.07, 6.45) is 0. The van der Waals surface area contributed by atoms with Gasteiger partial charge in [0.1, 0.15) is 17.3 Å². The van der Waals surface area contributed by atoms with Crippen molar-refractivity contribution in [2.24, 2.45) is 0 Å². The number of rotatable bonds is 4. The van der Waals surface area contributed by atoms with Gasteiger partial charge >= 0.3 is 0 Å². The number of aromatic amines is 1. The fraction of sp³-hybridized carbons (Fsp3) is 0.118. The first kappa shape index (κ1) is 17.0. The molecule has 0 spiro atoms. The molecular weight excluding hydrogens is 347 g/mol. The molecule has 1 amide bonds. The number of hydrogen-bond donors (Lipinski definition) is 3. The molecular formula is C17H15FN2O4S. The van der Waals surface area contributed by atoms with Gasteiger partial charge < -0.3 is 15.4 Å². The summed E-state index contributed by atoms with van der Waals surface area (Å²) in [4.78, 5) is 15.1. The van der Waals surface area contributed by atoms with Gasteiger partial charge in [-0.25, -0.2) is 12.8 Å². The van der Waals surface area contributed by atoms with Gasteiger partial charge in [-0.2, -0.15) is 0 Å². The SMILES string of the molecule is CCS(=O)(=O)c1ccc(O)c(NC(=O)c2cc3c(F)cccc3[nH]2)c1. The number of phenols is 1. The van der Waals surface area contributed by atoms with E-state index in [1.807, 2.05) is 0 Å². The summed E-state index contributed by atoms with van der Waals surface area (Å²) in [6, 6.07) is 9.43. The highest BCUT2D eigenvalue weighted by molar-refractivity contribution is 7.91. The number of carbonyl (C=O) groups excluding carboxylic acids is 1. The Hall–Kier alpha value is -2.87. The lowest BCUT2D eigenvalue weighted by Crippen LogP contribution is -2.13. The number of benzene rings is 2. The molecule has 0 aliphatic rings. The van der Waals surface area contributed by atoms with Gasteiger partial charge in [-0.05, 0) is 36.4 Å². The lowest BCUT2D eigenvalue weighted by atomic mass is 10.2. The fourth-order valence-electron chi connectivity index (χ4n) is 2.41. The van der Waals surface area contributed by atoms with Gasteiger partial charge in [0.05, 0.1) is 16.3 Å². The number of carbonyl (C=O) groups is 1. The first-order chi connectivity index (χ1) is 11.8. The normalized spacial score (nSPS) is 11.6. The molecule has 6 nitrogen and oxygen atoms in total. The number of fused-ring (bicyclic) bond motifs is 1. The molecule has 0 unspecified atom stereocenters. The van der Waals surface area contributed by atoms with Crippen LogP contribution in [0, 0.1) is 5.82 Å². The van der Waals surface area contributed by atoms with Crippen LogP contribution in [-0.4, -0.2) is 30.2 Å². The van der Waals surface area contributed by atoms with Crippen molar-refractivity contribution in [3.05, 3.63) is 54.0 Å². The maximum absolute atomic E-state index is 13.7. The molecule has 2 aromatic carbocycles. The molecule has 3 aromatic rings. The molecule has 0 atom stereocenters. The van der Waals surface area contributed by atoms with E-state index in [2.05, 4.69) is 10.3 Å². The van der Waals surface area contributed by atoms with Gasteiger partial charge in [0.15, 0.2) is 9.84 Å². The maximum Gasteiger partial charge on any atom is 0.272 e. The standard InChI is InChI=1S/C17H15FN2O4S/c1-2-25(23,24)10-6-7-16(21)14(8-10)20-17(22)15-9-11-12(18)4-3-5-13(11)19-15/h3-9,19,21H,2H2,1H3,(H,20,22). The minimum Gasteiger partial charge on any atom is -0.506 e. The van der Waals surface area contributed by atoms with Crippen molar-refractivity contribution in [3.63, 3.8) is 0 Å². The van der Waals surface area contributed by atoms with Crippen LogP contribution in [0.2, 0.25) is 0 Å². The summed E-state index contributed by atoms with van der Waals surface area (Å²) >= 11 is 0. The van der Waals surface area contributed by atoms with Crippen LogP contribution < -0.4 is 5.32 Å². The van der Waals surface area contributed by atoms with Gasteiger partial charge in [0, 0.05) is 10.9 Å². The third-order valence-electron chi connectivity index (χ3n) is 3.81. The van der Waals surface area contributed by atoms with E-state index in [9.17, 15) is 22.7 Å². The Morgan fingerprint density at radius 2 is 2.00 bits per heavy atom. The summed E-state index contributed by atoms with van der Waals surface area (Å²) in [7, 11) is -3.48. The number of amides is 1. The summed E-state index contributed by atoms with van der Waals surface area (Å²) in [5, 5.41) is 12.6. The zero-order valence-corrected chi connectivity index (χ0v) is 14.0. The Labute approximate surface area is 143 Å². The van der Waals surface area contributed by atoms with Crippen LogP contribution in [0.3, 0.4) is 0 Å². The molecule has 3 rings (SSSR count). The van der Waals surface area contributed by atoms with Crippen molar-refractivity contribution in [1.82, 2.24) is 4.98 Å². The number of hydrogen-bond acceptors (Lipinski definition) is 4. The van der Waals surface area contributed by atoms with E-state index in [1.165, 1.54) is 43.3 Å². The van der Waals surface area contributed by atoms with Crippen molar-refractivity contribution in [1.29, 1.82) is 0 Å². The molecule has 8 heteroatoms. The highest BCUT2D eigenvalue weighted by atomic mass is 32.2. The zero-order chi connectivity index (χ0) is 18.2. The third kappa shape index (κ3) is 3.20. The minimum absolute atomic E-state index is 0.00853. The molecule has 0 saturated heterocycles. The van der Waals surface area contributed by atoms with Crippen molar-refractivity contribution in [3.8, 4) is 5.75 Å². The molecule has 25 heavy (non-hydrogen) atoms. The van der Waals surface area contributed by atoms with Crippen LogP contribution in [0.4, 0.5) is 10.1 Å². The molecule has 1 heterocycles. The lowest BCUT2D eigenvalue weighted by Gasteiger charge is -2.09. The number of H-pyrrole nitrogens is 1. The Morgan fingerprint density at radius 3 is 2.68 bits per heavy atom. The van der Waals surface area contributed by atoms with Crippen LogP contribution in [0.5, 0.6) is 5.75 Å². The summed E-state index contributed by atoms with van der Waals surface area (Å²) < 4.78 is 37.6. The molecule has 3 N–H and O–H groups in total. The number of nitrogens with one attached hydrogen (secondary N) is 2. The zero-order valence-electron chi connectivity index (χ0n) is 13.2. The quantitative estimate of drug-likeness (QED) is 0.621. The van der Waals surface area contributed by atoms with Crippen LogP contribution in [0.25, 0.3) is 10.9 Å². The molecule has 0 aliphatic heterocycles. The van der Waals surface area contributed by atoms with Gasteiger partial charge in [0.25, 0.3) is 5.91 Å². The van der Waals surface area contributed by atoms with E-state index in [0.29, 0.717) is 5.52 Å². The molecule has 0 aliphatic carbocycles. The molecule has 0 bridgehead atoms. The van der Waals surface area contributed by atoms with Crippen molar-refractivity contribution < 1.29 is 22.7 Å². The molecule has 1 aromatic heterocycles. The van der Waals surface area contributed by atoms with Crippen LogP contribution in [0.15, 0.2) is 47.4 Å².